The number of methoxy groups -OCH3 is 1. The summed E-state index contributed by atoms with van der Waals surface area (Å²) in [5, 5.41) is 3.45. The molecule has 0 bridgehead atoms. The van der Waals surface area contributed by atoms with Gasteiger partial charge in [0.1, 0.15) is 0 Å². The summed E-state index contributed by atoms with van der Waals surface area (Å²) in [6.07, 6.45) is 0.972. The van der Waals surface area contributed by atoms with Gasteiger partial charge in [-0.2, -0.15) is 0 Å². The number of halogens is 1. The average molecular weight is 316 g/mol. The molecule has 1 aromatic rings. The Bertz CT molecular complexity index is 333. The maximum Gasteiger partial charge on any atom is 0.0701 e. The minimum absolute atomic E-state index is 0.348. The van der Waals surface area contributed by atoms with Crippen molar-refractivity contribution < 1.29 is 9.47 Å². The zero-order chi connectivity index (χ0) is 13.2. The second-order valence-corrected chi connectivity index (χ2v) is 5.07. The zero-order valence-electron chi connectivity index (χ0n) is 11.1. The molecule has 0 amide bonds. The Morgan fingerprint density at radius 3 is 2.83 bits per heavy atom. The van der Waals surface area contributed by atoms with Crippen LogP contribution in [0.3, 0.4) is 0 Å². The van der Waals surface area contributed by atoms with Crippen molar-refractivity contribution in [2.45, 2.75) is 19.4 Å². The first-order chi connectivity index (χ1) is 8.76. The molecule has 0 radical (unpaired) electrons. The van der Waals surface area contributed by atoms with E-state index in [1.807, 2.05) is 6.07 Å². The van der Waals surface area contributed by atoms with Crippen molar-refractivity contribution in [2.75, 3.05) is 33.5 Å². The molecule has 0 fully saturated rings. The van der Waals surface area contributed by atoms with Crippen molar-refractivity contribution in [3.05, 3.63) is 34.3 Å². The Morgan fingerprint density at radius 1 is 1.33 bits per heavy atom. The van der Waals surface area contributed by atoms with E-state index in [4.69, 9.17) is 9.47 Å². The highest BCUT2D eigenvalue weighted by Crippen LogP contribution is 2.13. The molecule has 0 aliphatic carbocycles. The predicted octanol–water partition coefficient (Wildman–Crippen LogP) is 2.63. The Hall–Kier alpha value is -0.420. The lowest BCUT2D eigenvalue weighted by Crippen LogP contribution is -2.35. The molecule has 0 aliphatic rings. The van der Waals surface area contributed by atoms with Crippen LogP contribution in [0.2, 0.25) is 0 Å². The van der Waals surface area contributed by atoms with E-state index in [0.717, 1.165) is 17.4 Å². The SMILES string of the molecule is CCNC(COCCOC)Cc1cccc(Br)c1. The van der Waals surface area contributed by atoms with Crippen LogP contribution in [0.5, 0.6) is 0 Å². The van der Waals surface area contributed by atoms with Crippen molar-refractivity contribution in [1.82, 2.24) is 5.32 Å². The fourth-order valence-corrected chi connectivity index (χ4v) is 2.24. The number of benzene rings is 1. The molecule has 0 aliphatic heterocycles. The Kier molecular flexibility index (Phi) is 8.25. The van der Waals surface area contributed by atoms with Crippen LogP contribution in [0, 0.1) is 0 Å². The van der Waals surface area contributed by atoms with Gasteiger partial charge in [-0.3, -0.25) is 0 Å². The van der Waals surface area contributed by atoms with E-state index in [-0.39, 0.29) is 0 Å². The van der Waals surface area contributed by atoms with Gasteiger partial charge in [0.15, 0.2) is 0 Å². The molecule has 18 heavy (non-hydrogen) atoms. The van der Waals surface area contributed by atoms with Gasteiger partial charge in [0.2, 0.25) is 0 Å². The Morgan fingerprint density at radius 2 is 2.17 bits per heavy atom. The molecule has 0 spiro atoms. The van der Waals surface area contributed by atoms with Crippen LogP contribution in [-0.2, 0) is 15.9 Å². The Labute approximate surface area is 118 Å². The molecule has 1 unspecified atom stereocenters. The second kappa shape index (κ2) is 9.50. The molecule has 0 heterocycles. The van der Waals surface area contributed by atoms with Crippen molar-refractivity contribution in [3.8, 4) is 0 Å². The molecule has 1 rings (SSSR count). The maximum absolute atomic E-state index is 5.59. The summed E-state index contributed by atoms with van der Waals surface area (Å²) in [5.41, 5.74) is 1.31. The number of likely N-dealkylation sites (N-methyl/N-ethyl adjacent to an activating group) is 1. The molecule has 1 N–H and O–H groups in total. The van der Waals surface area contributed by atoms with Crippen molar-refractivity contribution in [1.29, 1.82) is 0 Å². The topological polar surface area (TPSA) is 30.5 Å². The third kappa shape index (κ3) is 6.50. The summed E-state index contributed by atoms with van der Waals surface area (Å²) in [5.74, 6) is 0. The lowest BCUT2D eigenvalue weighted by Gasteiger charge is -2.18. The molecular formula is C14H22BrNO2. The van der Waals surface area contributed by atoms with Gasteiger partial charge in [-0.15, -0.1) is 0 Å². The molecule has 0 aromatic heterocycles. The first kappa shape index (κ1) is 15.6. The van der Waals surface area contributed by atoms with Crippen LogP contribution >= 0.6 is 15.9 Å². The van der Waals surface area contributed by atoms with Crippen molar-refractivity contribution in [3.63, 3.8) is 0 Å². The summed E-state index contributed by atoms with van der Waals surface area (Å²) in [7, 11) is 1.69. The Balaban J connectivity index is 2.41. The van der Waals surface area contributed by atoms with Gasteiger partial charge in [0.05, 0.1) is 19.8 Å². The number of rotatable bonds is 9. The molecule has 1 atom stereocenters. The van der Waals surface area contributed by atoms with Gasteiger partial charge in [-0.25, -0.2) is 0 Å². The minimum atomic E-state index is 0.348. The third-order valence-electron chi connectivity index (χ3n) is 2.61. The number of nitrogens with one attached hydrogen (secondary N) is 1. The van der Waals surface area contributed by atoms with Gasteiger partial charge < -0.3 is 14.8 Å². The van der Waals surface area contributed by atoms with Gasteiger partial charge >= 0.3 is 0 Å². The van der Waals surface area contributed by atoms with E-state index in [9.17, 15) is 0 Å². The normalized spacial score (nSPS) is 12.6. The van der Waals surface area contributed by atoms with E-state index < -0.39 is 0 Å². The highest BCUT2D eigenvalue weighted by Gasteiger charge is 2.08. The van der Waals surface area contributed by atoms with E-state index >= 15 is 0 Å². The second-order valence-electron chi connectivity index (χ2n) is 4.16. The number of hydrogen-bond acceptors (Lipinski definition) is 3. The third-order valence-corrected chi connectivity index (χ3v) is 3.11. The lowest BCUT2D eigenvalue weighted by molar-refractivity contribution is 0.0589. The molecule has 0 saturated heterocycles. The van der Waals surface area contributed by atoms with Crippen LogP contribution in [0.4, 0.5) is 0 Å². The van der Waals surface area contributed by atoms with E-state index in [1.54, 1.807) is 7.11 Å². The quantitative estimate of drug-likeness (QED) is 0.711. The monoisotopic (exact) mass is 315 g/mol. The first-order valence-electron chi connectivity index (χ1n) is 6.30. The molecular weight excluding hydrogens is 294 g/mol. The van der Waals surface area contributed by atoms with Crippen LogP contribution < -0.4 is 5.32 Å². The van der Waals surface area contributed by atoms with E-state index in [2.05, 4.69) is 46.4 Å². The molecule has 3 nitrogen and oxygen atoms in total. The van der Waals surface area contributed by atoms with Crippen LogP contribution in [0.1, 0.15) is 12.5 Å². The predicted molar refractivity (Wildman–Crippen MR) is 78.0 cm³/mol. The summed E-state index contributed by atoms with van der Waals surface area (Å²) in [6.45, 7) is 5.08. The smallest absolute Gasteiger partial charge is 0.0701 e. The fourth-order valence-electron chi connectivity index (χ4n) is 1.80. The van der Waals surface area contributed by atoms with Crippen LogP contribution in [0.25, 0.3) is 0 Å². The van der Waals surface area contributed by atoms with Crippen molar-refractivity contribution >= 4 is 15.9 Å². The molecule has 4 heteroatoms. The molecule has 1 aromatic carbocycles. The summed E-state index contributed by atoms with van der Waals surface area (Å²) in [6, 6.07) is 8.75. The van der Waals surface area contributed by atoms with Gasteiger partial charge in [0, 0.05) is 17.6 Å². The standard InChI is InChI=1S/C14H22BrNO2/c1-3-16-14(11-18-8-7-17-2)10-12-5-4-6-13(15)9-12/h4-6,9,14,16H,3,7-8,10-11H2,1-2H3. The maximum atomic E-state index is 5.59. The van der Waals surface area contributed by atoms with Crippen LogP contribution in [0.15, 0.2) is 28.7 Å². The summed E-state index contributed by atoms with van der Waals surface area (Å²) < 4.78 is 11.7. The molecule has 102 valence electrons. The molecule has 0 saturated carbocycles. The highest BCUT2D eigenvalue weighted by molar-refractivity contribution is 9.10. The highest BCUT2D eigenvalue weighted by atomic mass is 79.9. The van der Waals surface area contributed by atoms with Gasteiger partial charge in [-0.1, -0.05) is 35.0 Å². The zero-order valence-corrected chi connectivity index (χ0v) is 12.7. The fraction of sp³-hybridized carbons (Fsp3) is 0.571. The average Bonchev–Trinajstić information content (AvgIpc) is 2.35. The first-order valence-corrected chi connectivity index (χ1v) is 7.10. The summed E-state index contributed by atoms with van der Waals surface area (Å²) >= 11 is 3.50. The number of hydrogen-bond donors (Lipinski definition) is 1. The minimum Gasteiger partial charge on any atom is -0.382 e. The largest absolute Gasteiger partial charge is 0.382 e. The van der Waals surface area contributed by atoms with E-state index in [1.165, 1.54) is 5.56 Å². The van der Waals surface area contributed by atoms with Gasteiger partial charge in [-0.05, 0) is 30.7 Å². The number of ether oxygens (including phenoxy) is 2. The van der Waals surface area contributed by atoms with Crippen molar-refractivity contribution in [2.24, 2.45) is 0 Å². The van der Waals surface area contributed by atoms with Gasteiger partial charge in [0.25, 0.3) is 0 Å². The lowest BCUT2D eigenvalue weighted by atomic mass is 10.1. The van der Waals surface area contributed by atoms with E-state index in [0.29, 0.717) is 25.9 Å². The summed E-state index contributed by atoms with van der Waals surface area (Å²) in [4.78, 5) is 0. The van der Waals surface area contributed by atoms with Crippen LogP contribution in [-0.4, -0.2) is 39.5 Å².